The molecule has 0 aromatic heterocycles. The Hall–Kier alpha value is -1.06. The first-order valence-corrected chi connectivity index (χ1v) is 8.22. The molecule has 0 atom stereocenters. The molecule has 0 rings (SSSR count). The zero-order chi connectivity index (χ0) is 15.1. The van der Waals surface area contributed by atoms with E-state index in [1.807, 2.05) is 0 Å². The number of hydrogen-bond acceptors (Lipinski definition) is 4. The molecule has 0 amide bonds. The lowest BCUT2D eigenvalue weighted by Crippen LogP contribution is -2.14. The van der Waals surface area contributed by atoms with E-state index in [4.69, 9.17) is 10.4 Å². The van der Waals surface area contributed by atoms with Crippen molar-refractivity contribution in [1.29, 1.82) is 0 Å². The molecule has 0 radical (unpaired) electrons. The highest BCUT2D eigenvalue weighted by atomic mass is 16.4. The van der Waals surface area contributed by atoms with Gasteiger partial charge in [-0.2, -0.15) is 0 Å². The Bertz CT molecular complexity index is 248. The highest BCUT2D eigenvalue weighted by Crippen LogP contribution is 2.11. The third-order valence-electron chi connectivity index (χ3n) is 3.61. The van der Waals surface area contributed by atoms with Crippen LogP contribution in [0.4, 0.5) is 0 Å². The minimum atomic E-state index is 0.555. The van der Waals surface area contributed by atoms with E-state index in [0.29, 0.717) is 24.3 Å². The van der Waals surface area contributed by atoms with Gasteiger partial charge in [0.2, 0.25) is 0 Å². The maximum absolute atomic E-state index is 9.07. The normalized spacial score (nSPS) is 12.9. The van der Waals surface area contributed by atoms with Gasteiger partial charge in [0, 0.05) is 0 Å². The third-order valence-corrected chi connectivity index (χ3v) is 3.61. The van der Waals surface area contributed by atoms with Crippen molar-refractivity contribution in [3.05, 3.63) is 0 Å². The van der Waals surface area contributed by atoms with Gasteiger partial charge >= 0.3 is 0 Å². The molecule has 0 aliphatic heterocycles. The second kappa shape index (κ2) is 14.4. The molecular weight excluding hydrogens is 252 g/mol. The lowest BCUT2D eigenvalue weighted by molar-refractivity contribution is 0.312. The fourth-order valence-electron chi connectivity index (χ4n) is 2.30. The lowest BCUT2D eigenvalue weighted by atomic mass is 10.0. The molecule has 4 heteroatoms. The van der Waals surface area contributed by atoms with Crippen molar-refractivity contribution in [2.75, 3.05) is 0 Å². The quantitative estimate of drug-likeness (QED) is 0.207. The summed E-state index contributed by atoms with van der Waals surface area (Å²) in [6.45, 7) is 4.38. The Morgan fingerprint density at radius 1 is 0.600 bits per heavy atom. The number of unbranched alkanes of at least 4 members (excludes halogenated alkanes) is 8. The van der Waals surface area contributed by atoms with Gasteiger partial charge in [-0.15, -0.1) is 0 Å². The van der Waals surface area contributed by atoms with Gasteiger partial charge in [0.05, 0.1) is 0 Å². The van der Waals surface area contributed by atoms with Crippen molar-refractivity contribution in [2.45, 2.75) is 90.9 Å². The fraction of sp³-hybridized carbons (Fsp3) is 0.875. The maximum Gasteiger partial charge on any atom is 0.104 e. The van der Waals surface area contributed by atoms with Crippen LogP contribution in [0.1, 0.15) is 90.9 Å². The van der Waals surface area contributed by atoms with Gasteiger partial charge < -0.3 is 10.4 Å². The minimum absolute atomic E-state index is 0.555. The smallest absolute Gasteiger partial charge is 0.104 e. The second-order valence-corrected chi connectivity index (χ2v) is 5.42. The molecule has 0 spiro atoms. The van der Waals surface area contributed by atoms with E-state index in [1.165, 1.54) is 38.5 Å². The summed E-state index contributed by atoms with van der Waals surface area (Å²) in [6.07, 6.45) is 13.1. The molecule has 0 saturated heterocycles. The van der Waals surface area contributed by atoms with Gasteiger partial charge in [0.25, 0.3) is 0 Å². The van der Waals surface area contributed by atoms with Gasteiger partial charge in [-0.3, -0.25) is 0 Å². The van der Waals surface area contributed by atoms with E-state index in [2.05, 4.69) is 24.2 Å². The predicted octanol–water partition coefficient (Wildman–Crippen LogP) is 5.37. The SMILES string of the molecule is CCCCCCCC(=N\O)/C(CCCCCCC)=N/O. The summed E-state index contributed by atoms with van der Waals surface area (Å²) in [6, 6.07) is 0. The van der Waals surface area contributed by atoms with Crippen LogP contribution in [0, 0.1) is 0 Å². The molecule has 0 heterocycles. The van der Waals surface area contributed by atoms with E-state index >= 15 is 0 Å². The first-order chi connectivity index (χ1) is 9.79. The van der Waals surface area contributed by atoms with E-state index in [0.717, 1.165) is 25.7 Å². The van der Waals surface area contributed by atoms with Gasteiger partial charge in [-0.25, -0.2) is 0 Å². The van der Waals surface area contributed by atoms with E-state index in [9.17, 15) is 0 Å². The van der Waals surface area contributed by atoms with Crippen LogP contribution in [-0.4, -0.2) is 21.8 Å². The molecule has 0 aliphatic carbocycles. The van der Waals surface area contributed by atoms with Gasteiger partial charge in [0.15, 0.2) is 0 Å². The van der Waals surface area contributed by atoms with Crippen LogP contribution in [0.3, 0.4) is 0 Å². The Kier molecular flexibility index (Phi) is 13.6. The van der Waals surface area contributed by atoms with Crippen molar-refractivity contribution in [1.82, 2.24) is 0 Å². The zero-order valence-corrected chi connectivity index (χ0v) is 13.3. The number of rotatable bonds is 13. The zero-order valence-electron chi connectivity index (χ0n) is 13.3. The Morgan fingerprint density at radius 2 is 0.950 bits per heavy atom. The number of nitrogens with zero attached hydrogens (tertiary/aromatic N) is 2. The molecular formula is C16H32N2O2. The molecule has 0 bridgehead atoms. The monoisotopic (exact) mass is 284 g/mol. The highest BCUT2D eigenvalue weighted by Gasteiger charge is 2.10. The minimum Gasteiger partial charge on any atom is -0.411 e. The van der Waals surface area contributed by atoms with Gasteiger partial charge in [0.1, 0.15) is 11.4 Å². The molecule has 0 aromatic rings. The van der Waals surface area contributed by atoms with Crippen LogP contribution in [0.25, 0.3) is 0 Å². The lowest BCUT2D eigenvalue weighted by Gasteiger charge is -2.07. The highest BCUT2D eigenvalue weighted by molar-refractivity contribution is 6.42. The van der Waals surface area contributed by atoms with Crippen LogP contribution in [-0.2, 0) is 0 Å². The molecule has 0 fully saturated rings. The summed E-state index contributed by atoms with van der Waals surface area (Å²) in [5.74, 6) is 0. The van der Waals surface area contributed by atoms with Crippen molar-refractivity contribution in [3.8, 4) is 0 Å². The molecule has 0 saturated carbocycles. The van der Waals surface area contributed by atoms with Crippen LogP contribution in [0.5, 0.6) is 0 Å². The number of oxime groups is 2. The van der Waals surface area contributed by atoms with Crippen LogP contribution >= 0.6 is 0 Å². The summed E-state index contributed by atoms with van der Waals surface area (Å²) >= 11 is 0. The molecule has 0 aliphatic rings. The average molecular weight is 284 g/mol. The maximum atomic E-state index is 9.07. The summed E-state index contributed by atoms with van der Waals surface area (Å²) in [7, 11) is 0. The first kappa shape index (κ1) is 18.9. The summed E-state index contributed by atoms with van der Waals surface area (Å²) < 4.78 is 0. The summed E-state index contributed by atoms with van der Waals surface area (Å²) in [5.41, 5.74) is 1.11. The molecule has 118 valence electrons. The summed E-state index contributed by atoms with van der Waals surface area (Å²) in [4.78, 5) is 0. The molecule has 20 heavy (non-hydrogen) atoms. The summed E-state index contributed by atoms with van der Waals surface area (Å²) in [5, 5.41) is 24.8. The first-order valence-electron chi connectivity index (χ1n) is 8.22. The van der Waals surface area contributed by atoms with Gasteiger partial charge in [-0.1, -0.05) is 75.5 Å². The molecule has 4 nitrogen and oxygen atoms in total. The predicted molar refractivity (Wildman–Crippen MR) is 85.2 cm³/mol. The van der Waals surface area contributed by atoms with Crippen molar-refractivity contribution in [2.24, 2.45) is 10.3 Å². The Balaban J connectivity index is 3.93. The van der Waals surface area contributed by atoms with E-state index in [-0.39, 0.29) is 0 Å². The van der Waals surface area contributed by atoms with Crippen molar-refractivity contribution >= 4 is 11.4 Å². The van der Waals surface area contributed by atoms with Crippen molar-refractivity contribution in [3.63, 3.8) is 0 Å². The fourth-order valence-corrected chi connectivity index (χ4v) is 2.30. The van der Waals surface area contributed by atoms with E-state index < -0.39 is 0 Å². The second-order valence-electron chi connectivity index (χ2n) is 5.42. The average Bonchev–Trinajstić information content (AvgIpc) is 2.48. The molecule has 0 aromatic carbocycles. The van der Waals surface area contributed by atoms with Crippen LogP contribution in [0.15, 0.2) is 10.3 Å². The molecule has 0 unspecified atom stereocenters. The van der Waals surface area contributed by atoms with E-state index in [1.54, 1.807) is 0 Å². The van der Waals surface area contributed by atoms with Crippen LogP contribution in [0.2, 0.25) is 0 Å². The largest absolute Gasteiger partial charge is 0.411 e. The third kappa shape index (κ3) is 9.82. The number of hydrogen-bond donors (Lipinski definition) is 2. The Labute approximate surface area is 124 Å². The van der Waals surface area contributed by atoms with Gasteiger partial charge in [-0.05, 0) is 25.7 Å². The molecule has 2 N–H and O–H groups in total. The Morgan fingerprint density at radius 3 is 1.25 bits per heavy atom. The topological polar surface area (TPSA) is 65.2 Å². The standard InChI is InChI=1S/C16H32N2O2/c1-3-5-7-9-11-13-15(17-19)16(18-20)14-12-10-8-6-4-2/h19-20H,3-14H2,1-2H3/b17-15+,18-16+. The van der Waals surface area contributed by atoms with Crippen molar-refractivity contribution < 1.29 is 10.4 Å². The van der Waals surface area contributed by atoms with Crippen LogP contribution < -0.4 is 0 Å².